The zero-order valence-corrected chi connectivity index (χ0v) is 21.2. The Morgan fingerprint density at radius 2 is 1.22 bits per heavy atom. The lowest BCUT2D eigenvalue weighted by atomic mass is 10.0. The summed E-state index contributed by atoms with van der Waals surface area (Å²) in [7, 11) is 0. The molecule has 0 aliphatic carbocycles. The van der Waals surface area contributed by atoms with Crippen molar-refractivity contribution in [1.29, 1.82) is 0 Å². The maximum Gasteiger partial charge on any atom is 0.429 e. The van der Waals surface area contributed by atoms with Crippen LogP contribution in [0.4, 0.5) is 9.59 Å². The number of ether oxygens (including phenoxy) is 2. The summed E-state index contributed by atoms with van der Waals surface area (Å²) in [5, 5.41) is 2.99. The normalized spacial score (nSPS) is 19.1. The smallest absolute Gasteiger partial charge is 0.429 e. The van der Waals surface area contributed by atoms with Crippen molar-refractivity contribution in [1.82, 2.24) is 14.9 Å². The molecule has 0 spiro atoms. The summed E-state index contributed by atoms with van der Waals surface area (Å²) >= 11 is 0. The predicted molar refractivity (Wildman–Crippen MR) is 140 cm³/mol. The van der Waals surface area contributed by atoms with Gasteiger partial charge < -0.3 is 9.47 Å². The van der Waals surface area contributed by atoms with Crippen LogP contribution >= 0.6 is 0 Å². The van der Waals surface area contributed by atoms with Gasteiger partial charge in [0.2, 0.25) is 0 Å². The first kappa shape index (κ1) is 24.8. The number of likely N-dealkylation sites (tertiary alicyclic amines) is 1. The number of amides is 2. The lowest BCUT2D eigenvalue weighted by molar-refractivity contribution is -0.0199. The standard InChI is InChI=1S/C30H33N3O4/c1-23-10-8-9-15-26(23)16-17-31-19-27-18-28(20-31)33(30(35)37-22-25-13-6-3-7-14-25)32(27)29(34)36-21-24-11-4-2-5-12-24/h2-15,27-28H,16-22H2,1H3. The van der Waals surface area contributed by atoms with Crippen LogP contribution in [0.15, 0.2) is 84.9 Å². The van der Waals surface area contributed by atoms with E-state index in [1.54, 1.807) is 0 Å². The fourth-order valence-electron chi connectivity index (χ4n) is 5.24. The van der Waals surface area contributed by atoms with Gasteiger partial charge in [0, 0.05) is 19.6 Å². The van der Waals surface area contributed by atoms with E-state index in [1.807, 2.05) is 60.7 Å². The number of aryl methyl sites for hydroxylation is 1. The van der Waals surface area contributed by atoms with E-state index in [0.717, 1.165) is 24.1 Å². The summed E-state index contributed by atoms with van der Waals surface area (Å²) in [5.41, 5.74) is 4.39. The van der Waals surface area contributed by atoms with E-state index in [9.17, 15) is 9.59 Å². The highest BCUT2D eigenvalue weighted by atomic mass is 16.6. The van der Waals surface area contributed by atoms with E-state index in [4.69, 9.17) is 9.47 Å². The van der Waals surface area contributed by atoms with Crippen molar-refractivity contribution in [2.24, 2.45) is 0 Å². The number of hydrazine groups is 1. The minimum atomic E-state index is -0.520. The Morgan fingerprint density at radius 3 is 1.73 bits per heavy atom. The summed E-state index contributed by atoms with van der Waals surface area (Å²) in [5.74, 6) is 0. The van der Waals surface area contributed by atoms with Crippen LogP contribution in [0.2, 0.25) is 0 Å². The molecule has 3 aromatic carbocycles. The minimum absolute atomic E-state index is 0.150. The molecule has 2 fully saturated rings. The van der Waals surface area contributed by atoms with Crippen molar-refractivity contribution in [2.45, 2.75) is 45.1 Å². The van der Waals surface area contributed by atoms with E-state index in [0.29, 0.717) is 19.5 Å². The second-order valence-corrected chi connectivity index (χ2v) is 9.75. The predicted octanol–water partition coefficient (Wildman–Crippen LogP) is 5.19. The topological polar surface area (TPSA) is 62.3 Å². The number of nitrogens with zero attached hydrogens (tertiary/aromatic N) is 3. The average Bonchev–Trinajstić information content (AvgIpc) is 3.20. The fraction of sp³-hybridized carbons (Fsp3) is 0.333. The Hall–Kier alpha value is -3.84. The van der Waals surface area contributed by atoms with Crippen molar-refractivity contribution in [2.75, 3.05) is 19.6 Å². The molecule has 0 N–H and O–H groups in total. The monoisotopic (exact) mass is 499 g/mol. The largest absolute Gasteiger partial charge is 0.443 e. The molecular formula is C30H33N3O4. The molecule has 2 saturated heterocycles. The van der Waals surface area contributed by atoms with E-state index in [2.05, 4.69) is 36.1 Å². The van der Waals surface area contributed by atoms with Gasteiger partial charge in [-0.1, -0.05) is 84.9 Å². The minimum Gasteiger partial charge on any atom is -0.443 e. The molecule has 5 rings (SSSR count). The van der Waals surface area contributed by atoms with Crippen LogP contribution in [0, 0.1) is 6.92 Å². The molecule has 7 nitrogen and oxygen atoms in total. The van der Waals surface area contributed by atoms with E-state index >= 15 is 0 Å². The number of hydrogen-bond acceptors (Lipinski definition) is 5. The van der Waals surface area contributed by atoms with Gasteiger partial charge in [0.1, 0.15) is 13.2 Å². The van der Waals surface area contributed by atoms with Crippen molar-refractivity contribution in [3.63, 3.8) is 0 Å². The molecule has 37 heavy (non-hydrogen) atoms. The lowest BCUT2D eigenvalue weighted by Crippen LogP contribution is -2.50. The zero-order chi connectivity index (χ0) is 25.6. The summed E-state index contributed by atoms with van der Waals surface area (Å²) in [4.78, 5) is 29.0. The Balaban J connectivity index is 1.29. The number of hydrogen-bond donors (Lipinski definition) is 0. The molecule has 2 heterocycles. The van der Waals surface area contributed by atoms with Gasteiger partial charge in [-0.3, -0.25) is 4.90 Å². The summed E-state index contributed by atoms with van der Waals surface area (Å²) in [6.07, 6.45) is 0.590. The van der Waals surface area contributed by atoms with Gasteiger partial charge in [0.15, 0.2) is 0 Å². The molecule has 0 radical (unpaired) electrons. The van der Waals surface area contributed by atoms with Gasteiger partial charge in [0.05, 0.1) is 12.1 Å². The number of piperidine rings is 1. The van der Waals surface area contributed by atoms with Gasteiger partial charge in [-0.2, -0.15) is 0 Å². The first-order valence-electron chi connectivity index (χ1n) is 12.8. The highest BCUT2D eigenvalue weighted by Gasteiger charge is 2.50. The second kappa shape index (κ2) is 11.5. The third-order valence-corrected chi connectivity index (χ3v) is 7.15. The molecule has 2 amide bonds. The Morgan fingerprint density at radius 1 is 0.730 bits per heavy atom. The number of fused-ring (bicyclic) bond motifs is 2. The summed E-state index contributed by atoms with van der Waals surface area (Å²) in [6, 6.07) is 27.2. The summed E-state index contributed by atoms with van der Waals surface area (Å²) in [6.45, 7) is 4.66. The SMILES string of the molecule is Cc1ccccc1CCN1CC2CC(C1)N(C(=O)OCc1ccccc1)N2C(=O)OCc1ccccc1. The van der Waals surface area contributed by atoms with Gasteiger partial charge in [-0.25, -0.2) is 19.6 Å². The number of rotatable bonds is 7. The average molecular weight is 500 g/mol. The molecule has 0 aromatic heterocycles. The maximum atomic E-state index is 13.3. The van der Waals surface area contributed by atoms with E-state index in [1.165, 1.54) is 21.1 Å². The Kier molecular flexibility index (Phi) is 7.70. The van der Waals surface area contributed by atoms with Crippen molar-refractivity contribution in [3.8, 4) is 0 Å². The van der Waals surface area contributed by atoms with Crippen LogP contribution < -0.4 is 0 Å². The molecule has 2 aliphatic heterocycles. The van der Waals surface area contributed by atoms with Gasteiger partial charge in [-0.05, 0) is 42.0 Å². The maximum absolute atomic E-state index is 13.3. The molecule has 192 valence electrons. The molecule has 3 aromatic rings. The molecule has 0 saturated carbocycles. The van der Waals surface area contributed by atoms with Gasteiger partial charge in [-0.15, -0.1) is 0 Å². The highest BCUT2D eigenvalue weighted by molar-refractivity contribution is 5.76. The fourth-order valence-corrected chi connectivity index (χ4v) is 5.24. The van der Waals surface area contributed by atoms with Crippen LogP contribution in [0.1, 0.15) is 28.7 Å². The molecule has 2 unspecified atom stereocenters. The number of benzene rings is 3. The van der Waals surface area contributed by atoms with Crippen LogP contribution in [0.5, 0.6) is 0 Å². The molecule has 2 bridgehead atoms. The second-order valence-electron chi connectivity index (χ2n) is 9.75. The van der Waals surface area contributed by atoms with Crippen LogP contribution in [-0.4, -0.2) is 58.8 Å². The van der Waals surface area contributed by atoms with E-state index in [-0.39, 0.29) is 25.3 Å². The highest BCUT2D eigenvalue weighted by Crippen LogP contribution is 2.32. The van der Waals surface area contributed by atoms with Gasteiger partial charge >= 0.3 is 12.2 Å². The number of carbonyl (C=O) groups is 2. The third-order valence-electron chi connectivity index (χ3n) is 7.15. The lowest BCUT2D eigenvalue weighted by Gasteiger charge is -2.30. The van der Waals surface area contributed by atoms with Crippen molar-refractivity contribution >= 4 is 12.2 Å². The zero-order valence-electron chi connectivity index (χ0n) is 21.2. The Bertz CT molecular complexity index is 1130. The Labute approximate surface area is 218 Å². The molecule has 2 atom stereocenters. The van der Waals surface area contributed by atoms with Crippen molar-refractivity contribution < 1.29 is 19.1 Å². The van der Waals surface area contributed by atoms with Crippen LogP contribution in [0.3, 0.4) is 0 Å². The number of carbonyl (C=O) groups excluding carboxylic acids is 2. The first-order chi connectivity index (χ1) is 18.1. The van der Waals surface area contributed by atoms with E-state index < -0.39 is 12.2 Å². The quantitative estimate of drug-likeness (QED) is 0.448. The first-order valence-corrected chi connectivity index (χ1v) is 12.8. The van der Waals surface area contributed by atoms with Crippen LogP contribution in [-0.2, 0) is 29.1 Å². The third kappa shape index (κ3) is 5.94. The van der Waals surface area contributed by atoms with Gasteiger partial charge in [0.25, 0.3) is 0 Å². The van der Waals surface area contributed by atoms with Crippen molar-refractivity contribution in [3.05, 3.63) is 107 Å². The summed E-state index contributed by atoms with van der Waals surface area (Å²) < 4.78 is 11.3. The molecule has 2 aliphatic rings. The molecule has 7 heteroatoms. The van der Waals surface area contributed by atoms with Crippen LogP contribution in [0.25, 0.3) is 0 Å². The molecular weight excluding hydrogens is 466 g/mol.